The van der Waals surface area contributed by atoms with Crippen molar-refractivity contribution in [1.29, 1.82) is 0 Å². The Morgan fingerprint density at radius 1 is 1.10 bits per heavy atom. The Labute approximate surface area is 126 Å². The fourth-order valence-corrected chi connectivity index (χ4v) is 2.86. The number of nitrogen functional groups attached to an aromatic ring is 1. The van der Waals surface area contributed by atoms with Crippen molar-refractivity contribution in [3.63, 3.8) is 0 Å². The number of hydrogen-bond donors (Lipinski definition) is 1. The van der Waals surface area contributed by atoms with Gasteiger partial charge >= 0.3 is 0 Å². The van der Waals surface area contributed by atoms with E-state index in [1.807, 2.05) is 36.4 Å². The van der Waals surface area contributed by atoms with Gasteiger partial charge in [0.15, 0.2) is 0 Å². The normalized spacial score (nSPS) is 13.8. The van der Waals surface area contributed by atoms with E-state index < -0.39 is 0 Å². The van der Waals surface area contributed by atoms with Crippen LogP contribution in [-0.4, -0.2) is 19.7 Å². The Balaban J connectivity index is 1.54. The minimum Gasteiger partial charge on any atom is -0.494 e. The molecule has 1 aliphatic heterocycles. The summed E-state index contributed by atoms with van der Waals surface area (Å²) in [6.45, 7) is 2.88. The maximum atomic E-state index is 5.92. The van der Waals surface area contributed by atoms with Gasteiger partial charge in [0.1, 0.15) is 5.75 Å². The van der Waals surface area contributed by atoms with Crippen molar-refractivity contribution in [2.75, 3.05) is 30.3 Å². The fourth-order valence-electron chi connectivity index (χ4n) is 2.86. The standard InChI is InChI=1S/C18H22N2O/c19-16-10-9-15-6-4-11-20(18(15)14-16)12-5-13-21-17-7-2-1-3-8-17/h1-3,7-10,14H,4-6,11-13,19H2. The number of anilines is 2. The molecular formula is C18H22N2O. The molecule has 21 heavy (non-hydrogen) atoms. The first-order valence-electron chi connectivity index (χ1n) is 7.64. The number of benzene rings is 2. The lowest BCUT2D eigenvalue weighted by Gasteiger charge is -2.31. The van der Waals surface area contributed by atoms with E-state index in [0.717, 1.165) is 44.0 Å². The maximum absolute atomic E-state index is 5.92. The predicted molar refractivity (Wildman–Crippen MR) is 87.9 cm³/mol. The van der Waals surface area contributed by atoms with Gasteiger partial charge in [-0.25, -0.2) is 0 Å². The Hall–Kier alpha value is -2.16. The van der Waals surface area contributed by atoms with Gasteiger partial charge in [-0.15, -0.1) is 0 Å². The van der Waals surface area contributed by atoms with Gasteiger partial charge in [-0.05, 0) is 49.1 Å². The number of fused-ring (bicyclic) bond motifs is 1. The minimum absolute atomic E-state index is 0.748. The number of para-hydroxylation sites is 1. The van der Waals surface area contributed by atoms with E-state index in [9.17, 15) is 0 Å². The number of nitrogens with two attached hydrogens (primary N) is 1. The highest BCUT2D eigenvalue weighted by atomic mass is 16.5. The molecule has 0 aliphatic carbocycles. The largest absolute Gasteiger partial charge is 0.494 e. The van der Waals surface area contributed by atoms with Crippen LogP contribution in [0.2, 0.25) is 0 Å². The van der Waals surface area contributed by atoms with Gasteiger partial charge in [0.25, 0.3) is 0 Å². The monoisotopic (exact) mass is 282 g/mol. The lowest BCUT2D eigenvalue weighted by atomic mass is 10.0. The molecule has 1 aliphatic rings. The van der Waals surface area contributed by atoms with Gasteiger partial charge in [0.2, 0.25) is 0 Å². The lowest BCUT2D eigenvalue weighted by molar-refractivity contribution is 0.311. The zero-order valence-electron chi connectivity index (χ0n) is 12.3. The third-order valence-electron chi connectivity index (χ3n) is 3.91. The molecule has 0 atom stereocenters. The molecule has 0 saturated heterocycles. The average Bonchev–Trinajstić information content (AvgIpc) is 2.53. The van der Waals surface area contributed by atoms with E-state index in [1.165, 1.54) is 17.7 Å². The molecule has 3 nitrogen and oxygen atoms in total. The second-order valence-corrected chi connectivity index (χ2v) is 5.49. The average molecular weight is 282 g/mol. The van der Waals surface area contributed by atoms with E-state index >= 15 is 0 Å². The SMILES string of the molecule is Nc1ccc2c(c1)N(CCCOc1ccccc1)CCC2. The van der Waals surface area contributed by atoms with Crippen molar-refractivity contribution >= 4 is 11.4 Å². The van der Waals surface area contributed by atoms with E-state index in [1.54, 1.807) is 0 Å². The van der Waals surface area contributed by atoms with Crippen LogP contribution in [0.25, 0.3) is 0 Å². The number of nitrogens with zero attached hydrogens (tertiary/aromatic N) is 1. The van der Waals surface area contributed by atoms with Crippen molar-refractivity contribution in [1.82, 2.24) is 0 Å². The lowest BCUT2D eigenvalue weighted by Crippen LogP contribution is -2.31. The number of aryl methyl sites for hydroxylation is 1. The van der Waals surface area contributed by atoms with Gasteiger partial charge < -0.3 is 15.4 Å². The molecule has 0 spiro atoms. The zero-order chi connectivity index (χ0) is 14.5. The quantitative estimate of drug-likeness (QED) is 0.674. The summed E-state index contributed by atoms with van der Waals surface area (Å²) in [7, 11) is 0. The van der Waals surface area contributed by atoms with Crippen molar-refractivity contribution in [3.05, 3.63) is 54.1 Å². The predicted octanol–water partition coefficient (Wildman–Crippen LogP) is 3.49. The Kier molecular flexibility index (Phi) is 4.29. The molecule has 1 heterocycles. The van der Waals surface area contributed by atoms with E-state index in [0.29, 0.717) is 0 Å². The van der Waals surface area contributed by atoms with Crippen LogP contribution in [0, 0.1) is 0 Å². The Bertz CT molecular complexity index is 583. The summed E-state index contributed by atoms with van der Waals surface area (Å²) >= 11 is 0. The zero-order valence-corrected chi connectivity index (χ0v) is 12.3. The van der Waals surface area contributed by atoms with Crippen LogP contribution in [0.3, 0.4) is 0 Å². The van der Waals surface area contributed by atoms with Gasteiger partial charge in [0, 0.05) is 24.5 Å². The Morgan fingerprint density at radius 2 is 1.95 bits per heavy atom. The third-order valence-corrected chi connectivity index (χ3v) is 3.91. The second-order valence-electron chi connectivity index (χ2n) is 5.49. The topological polar surface area (TPSA) is 38.5 Å². The molecule has 110 valence electrons. The number of rotatable bonds is 5. The molecule has 2 N–H and O–H groups in total. The van der Waals surface area contributed by atoms with Gasteiger partial charge in [-0.3, -0.25) is 0 Å². The van der Waals surface area contributed by atoms with Crippen LogP contribution in [-0.2, 0) is 6.42 Å². The summed E-state index contributed by atoms with van der Waals surface area (Å²) in [4.78, 5) is 2.43. The molecular weight excluding hydrogens is 260 g/mol. The molecule has 0 radical (unpaired) electrons. The maximum Gasteiger partial charge on any atom is 0.119 e. The van der Waals surface area contributed by atoms with Gasteiger partial charge in [-0.2, -0.15) is 0 Å². The first-order valence-corrected chi connectivity index (χ1v) is 7.64. The molecule has 0 saturated carbocycles. The van der Waals surface area contributed by atoms with E-state index in [-0.39, 0.29) is 0 Å². The van der Waals surface area contributed by atoms with Crippen LogP contribution in [0.1, 0.15) is 18.4 Å². The van der Waals surface area contributed by atoms with Gasteiger partial charge in [-0.1, -0.05) is 24.3 Å². The molecule has 0 amide bonds. The molecule has 2 aromatic carbocycles. The summed E-state index contributed by atoms with van der Waals surface area (Å²) in [6, 6.07) is 16.3. The highest BCUT2D eigenvalue weighted by molar-refractivity contribution is 5.62. The molecule has 0 bridgehead atoms. The summed E-state index contributed by atoms with van der Waals surface area (Å²) in [5, 5.41) is 0. The minimum atomic E-state index is 0.748. The van der Waals surface area contributed by atoms with Crippen molar-refractivity contribution in [2.45, 2.75) is 19.3 Å². The van der Waals surface area contributed by atoms with Crippen LogP contribution >= 0.6 is 0 Å². The van der Waals surface area contributed by atoms with Gasteiger partial charge in [0.05, 0.1) is 6.61 Å². The first-order chi connectivity index (χ1) is 10.3. The highest BCUT2D eigenvalue weighted by Gasteiger charge is 2.16. The van der Waals surface area contributed by atoms with Crippen LogP contribution in [0.5, 0.6) is 5.75 Å². The summed E-state index contributed by atoms with van der Waals surface area (Å²) < 4.78 is 5.76. The molecule has 3 rings (SSSR count). The molecule has 0 fully saturated rings. The molecule has 0 unspecified atom stereocenters. The summed E-state index contributed by atoms with van der Waals surface area (Å²) in [5.74, 6) is 0.945. The van der Waals surface area contributed by atoms with E-state index in [2.05, 4.69) is 17.0 Å². The molecule has 3 heteroatoms. The second kappa shape index (κ2) is 6.53. The first kappa shape index (κ1) is 13.8. The van der Waals surface area contributed by atoms with Crippen LogP contribution < -0.4 is 15.4 Å². The smallest absolute Gasteiger partial charge is 0.119 e. The van der Waals surface area contributed by atoms with Crippen LogP contribution in [0.4, 0.5) is 11.4 Å². The molecule has 2 aromatic rings. The highest BCUT2D eigenvalue weighted by Crippen LogP contribution is 2.29. The fraction of sp³-hybridized carbons (Fsp3) is 0.333. The number of ether oxygens (including phenoxy) is 1. The van der Waals surface area contributed by atoms with Crippen molar-refractivity contribution < 1.29 is 4.74 Å². The summed E-state index contributed by atoms with van der Waals surface area (Å²) in [5.41, 5.74) is 9.49. The van der Waals surface area contributed by atoms with Crippen LogP contribution in [0.15, 0.2) is 48.5 Å². The third kappa shape index (κ3) is 3.48. The molecule has 0 aromatic heterocycles. The Morgan fingerprint density at radius 3 is 2.81 bits per heavy atom. The van der Waals surface area contributed by atoms with E-state index in [4.69, 9.17) is 10.5 Å². The summed E-state index contributed by atoms with van der Waals surface area (Å²) in [6.07, 6.45) is 3.40. The van der Waals surface area contributed by atoms with Crippen molar-refractivity contribution in [2.24, 2.45) is 0 Å². The van der Waals surface area contributed by atoms with Crippen molar-refractivity contribution in [3.8, 4) is 5.75 Å². The number of hydrogen-bond acceptors (Lipinski definition) is 3.